The summed E-state index contributed by atoms with van der Waals surface area (Å²) in [5.41, 5.74) is 0.969. The minimum atomic E-state index is 0. The van der Waals surface area contributed by atoms with Crippen LogP contribution in [0.3, 0.4) is 0 Å². The van der Waals surface area contributed by atoms with Crippen molar-refractivity contribution in [2.45, 2.75) is 32.1 Å². The van der Waals surface area contributed by atoms with Crippen LogP contribution in [0.1, 0.15) is 31.2 Å². The van der Waals surface area contributed by atoms with Gasteiger partial charge in [-0.05, 0) is 63.0 Å². The fourth-order valence-electron chi connectivity index (χ4n) is 4.10. The first-order chi connectivity index (χ1) is 14.2. The van der Waals surface area contributed by atoms with Crippen LogP contribution in [-0.4, -0.2) is 86.0 Å². The molecular formula is C22H35ClIN5O. The second kappa shape index (κ2) is 13.4. The number of rotatable bonds is 7. The second-order valence-electron chi connectivity index (χ2n) is 7.90. The van der Waals surface area contributed by atoms with Crippen molar-refractivity contribution in [2.24, 2.45) is 4.99 Å². The molecule has 2 fully saturated rings. The normalized spacial score (nSPS) is 17.7. The van der Waals surface area contributed by atoms with Crippen molar-refractivity contribution >= 4 is 47.4 Å². The molecule has 6 nitrogen and oxygen atoms in total. The summed E-state index contributed by atoms with van der Waals surface area (Å²) in [4.78, 5) is 23.8. The fourth-order valence-corrected chi connectivity index (χ4v) is 4.31. The van der Waals surface area contributed by atoms with Crippen molar-refractivity contribution in [1.29, 1.82) is 0 Å². The number of carbonyl (C=O) groups is 1. The van der Waals surface area contributed by atoms with E-state index in [0.717, 1.165) is 50.7 Å². The first-order valence-corrected chi connectivity index (χ1v) is 11.2. The molecule has 0 unspecified atom stereocenters. The maximum absolute atomic E-state index is 12.6. The summed E-state index contributed by atoms with van der Waals surface area (Å²) in [7, 11) is 1.84. The van der Waals surface area contributed by atoms with Gasteiger partial charge in [-0.25, -0.2) is 0 Å². The van der Waals surface area contributed by atoms with Crippen molar-refractivity contribution in [3.63, 3.8) is 0 Å². The lowest BCUT2D eigenvalue weighted by Crippen LogP contribution is -2.54. The van der Waals surface area contributed by atoms with Gasteiger partial charge in [0, 0.05) is 44.8 Å². The van der Waals surface area contributed by atoms with Crippen LogP contribution in [0.15, 0.2) is 29.3 Å². The number of likely N-dealkylation sites (tertiary alicyclic amines) is 1. The Morgan fingerprint density at radius 1 is 1.07 bits per heavy atom. The predicted octanol–water partition coefficient (Wildman–Crippen LogP) is 3.10. The molecule has 0 saturated carbocycles. The van der Waals surface area contributed by atoms with Gasteiger partial charge in [0.25, 0.3) is 0 Å². The molecule has 0 atom stereocenters. The zero-order valence-electron chi connectivity index (χ0n) is 18.0. The van der Waals surface area contributed by atoms with E-state index in [1.165, 1.54) is 38.9 Å². The van der Waals surface area contributed by atoms with Crippen LogP contribution in [0.5, 0.6) is 0 Å². The van der Waals surface area contributed by atoms with Crippen LogP contribution in [0.2, 0.25) is 5.02 Å². The summed E-state index contributed by atoms with van der Waals surface area (Å²) in [6.45, 7) is 7.81. The van der Waals surface area contributed by atoms with Crippen LogP contribution in [0.25, 0.3) is 0 Å². The molecule has 0 bridgehead atoms. The Kier molecular flexibility index (Phi) is 11.2. The number of halogens is 2. The zero-order valence-corrected chi connectivity index (χ0v) is 21.1. The molecule has 2 aliphatic heterocycles. The standard InChI is InChI=1S/C22H34ClN5O.HI/c1-24-22(25-9-2-3-10-26-11-4-5-12-26)28-15-13-27(14-16-28)21(29)18-19-7-6-8-20(23)17-19;/h6-8,17H,2-5,9-16,18H2,1H3,(H,24,25);1H. The molecule has 2 heterocycles. The van der Waals surface area contributed by atoms with Gasteiger partial charge in [-0.15, -0.1) is 24.0 Å². The molecule has 1 aromatic rings. The van der Waals surface area contributed by atoms with Gasteiger partial charge in [-0.2, -0.15) is 0 Å². The van der Waals surface area contributed by atoms with Gasteiger partial charge in [0.05, 0.1) is 6.42 Å². The minimum absolute atomic E-state index is 0. The average Bonchev–Trinajstić information content (AvgIpc) is 3.24. The molecule has 30 heavy (non-hydrogen) atoms. The molecule has 0 spiro atoms. The first-order valence-electron chi connectivity index (χ1n) is 10.9. The lowest BCUT2D eigenvalue weighted by molar-refractivity contribution is -0.131. The summed E-state index contributed by atoms with van der Waals surface area (Å²) in [6, 6.07) is 7.55. The predicted molar refractivity (Wildman–Crippen MR) is 135 cm³/mol. The van der Waals surface area contributed by atoms with Crippen molar-refractivity contribution in [1.82, 2.24) is 20.0 Å². The molecule has 3 rings (SSSR count). The Morgan fingerprint density at radius 2 is 1.77 bits per heavy atom. The third-order valence-electron chi connectivity index (χ3n) is 5.77. The van der Waals surface area contributed by atoms with E-state index < -0.39 is 0 Å². The van der Waals surface area contributed by atoms with E-state index in [4.69, 9.17) is 11.6 Å². The lowest BCUT2D eigenvalue weighted by atomic mass is 10.1. The molecule has 1 N–H and O–H groups in total. The third kappa shape index (κ3) is 7.89. The quantitative estimate of drug-likeness (QED) is 0.247. The Balaban J connectivity index is 0.00000320. The smallest absolute Gasteiger partial charge is 0.227 e. The second-order valence-corrected chi connectivity index (χ2v) is 8.34. The van der Waals surface area contributed by atoms with Gasteiger partial charge in [-0.1, -0.05) is 23.7 Å². The Labute approximate surface area is 203 Å². The maximum atomic E-state index is 12.6. The summed E-state index contributed by atoms with van der Waals surface area (Å²) < 4.78 is 0. The van der Waals surface area contributed by atoms with E-state index in [1.807, 2.05) is 36.2 Å². The zero-order chi connectivity index (χ0) is 20.5. The molecule has 8 heteroatoms. The van der Waals surface area contributed by atoms with Gasteiger partial charge in [-0.3, -0.25) is 9.79 Å². The van der Waals surface area contributed by atoms with Crippen LogP contribution in [-0.2, 0) is 11.2 Å². The summed E-state index contributed by atoms with van der Waals surface area (Å²) >= 11 is 6.02. The molecule has 1 amide bonds. The van der Waals surface area contributed by atoms with Crippen molar-refractivity contribution in [3.05, 3.63) is 34.9 Å². The highest BCUT2D eigenvalue weighted by molar-refractivity contribution is 14.0. The highest BCUT2D eigenvalue weighted by Gasteiger charge is 2.23. The highest BCUT2D eigenvalue weighted by Crippen LogP contribution is 2.13. The number of piperazine rings is 1. The molecule has 2 saturated heterocycles. The molecule has 0 aliphatic carbocycles. The number of carbonyl (C=O) groups excluding carboxylic acids is 1. The van der Waals surface area contributed by atoms with Crippen molar-refractivity contribution in [2.75, 3.05) is 59.4 Å². The molecule has 2 aliphatic rings. The molecular weight excluding hydrogens is 513 g/mol. The number of aliphatic imine (C=N–C) groups is 1. The highest BCUT2D eigenvalue weighted by atomic mass is 127. The van der Waals surface area contributed by atoms with Crippen LogP contribution in [0.4, 0.5) is 0 Å². The third-order valence-corrected chi connectivity index (χ3v) is 6.01. The van der Waals surface area contributed by atoms with Crippen LogP contribution < -0.4 is 5.32 Å². The number of amides is 1. The number of guanidine groups is 1. The molecule has 0 radical (unpaired) electrons. The Hall–Kier alpha value is -1.06. The summed E-state index contributed by atoms with van der Waals surface area (Å²) in [5.74, 6) is 1.12. The van der Waals surface area contributed by atoms with E-state index in [9.17, 15) is 4.79 Å². The Morgan fingerprint density at radius 3 is 2.43 bits per heavy atom. The van der Waals surface area contributed by atoms with Gasteiger partial charge in [0.2, 0.25) is 5.91 Å². The van der Waals surface area contributed by atoms with E-state index >= 15 is 0 Å². The maximum Gasteiger partial charge on any atom is 0.227 e. The number of hydrogen-bond acceptors (Lipinski definition) is 3. The van der Waals surface area contributed by atoms with Gasteiger partial charge < -0.3 is 20.0 Å². The van der Waals surface area contributed by atoms with Crippen LogP contribution in [0, 0.1) is 0 Å². The monoisotopic (exact) mass is 547 g/mol. The van der Waals surface area contributed by atoms with Crippen molar-refractivity contribution < 1.29 is 4.79 Å². The number of unbranched alkanes of at least 4 members (excludes halogenated alkanes) is 1. The summed E-state index contributed by atoms with van der Waals surface area (Å²) in [6.07, 6.45) is 5.52. The van der Waals surface area contributed by atoms with E-state index in [2.05, 4.69) is 20.1 Å². The van der Waals surface area contributed by atoms with E-state index in [0.29, 0.717) is 11.4 Å². The van der Waals surface area contributed by atoms with Gasteiger partial charge in [0.15, 0.2) is 5.96 Å². The largest absolute Gasteiger partial charge is 0.356 e. The van der Waals surface area contributed by atoms with E-state index in [-0.39, 0.29) is 29.9 Å². The fraction of sp³-hybridized carbons (Fsp3) is 0.636. The molecule has 168 valence electrons. The number of nitrogens with one attached hydrogen (secondary N) is 1. The van der Waals surface area contributed by atoms with Crippen LogP contribution >= 0.6 is 35.6 Å². The minimum Gasteiger partial charge on any atom is -0.356 e. The SMILES string of the molecule is CN=C(NCCCCN1CCCC1)N1CCN(C(=O)Cc2cccc(Cl)c2)CC1.I. The van der Waals surface area contributed by atoms with E-state index in [1.54, 1.807) is 0 Å². The number of benzene rings is 1. The van der Waals surface area contributed by atoms with Gasteiger partial charge >= 0.3 is 0 Å². The Bertz CT molecular complexity index is 688. The molecule has 1 aromatic carbocycles. The van der Waals surface area contributed by atoms with Crippen molar-refractivity contribution in [3.8, 4) is 0 Å². The average molecular weight is 548 g/mol. The topological polar surface area (TPSA) is 51.2 Å². The molecule has 0 aromatic heterocycles. The summed E-state index contributed by atoms with van der Waals surface area (Å²) in [5, 5.41) is 4.17. The number of hydrogen-bond donors (Lipinski definition) is 1. The van der Waals surface area contributed by atoms with Gasteiger partial charge in [0.1, 0.15) is 0 Å². The lowest BCUT2D eigenvalue weighted by Gasteiger charge is -2.36. The first kappa shape index (κ1) is 25.2. The number of nitrogens with zero attached hydrogens (tertiary/aromatic N) is 4.